The molecule has 0 saturated heterocycles. The number of hydrogen-bond acceptors (Lipinski definition) is 6. The summed E-state index contributed by atoms with van der Waals surface area (Å²) in [5.74, 6) is -0.815. The Morgan fingerprint density at radius 1 is 1.67 bits per heavy atom. The molecule has 1 atom stereocenters. The molecule has 0 radical (unpaired) electrons. The fourth-order valence-corrected chi connectivity index (χ4v) is 0.234. The Morgan fingerprint density at radius 3 is 2.00 bits per heavy atom. The summed E-state index contributed by atoms with van der Waals surface area (Å²) in [4.78, 5) is 10.7. The number of nitrogens with one attached hydrogen (secondary N) is 1. The minimum absolute atomic E-state index is 0.190. The minimum atomic E-state index is -2.79. The van der Waals surface area contributed by atoms with Gasteiger partial charge >= 0.3 is 5.97 Å². The lowest BCUT2D eigenvalue weighted by molar-refractivity contribution is -0.137. The molecule has 0 bridgehead atoms. The van der Waals surface area contributed by atoms with Crippen LogP contribution in [-0.2, 0) is 15.7 Å². The van der Waals surface area contributed by atoms with Gasteiger partial charge in [0.2, 0.25) is 10.9 Å². The fourth-order valence-electron chi connectivity index (χ4n) is 0.0781. The summed E-state index contributed by atoms with van der Waals surface area (Å²) >= 11 is 3.65. The molecule has 0 fully saturated rings. The number of rotatable bonds is 3. The molecule has 0 aliphatic heterocycles. The van der Waals surface area contributed by atoms with Crippen LogP contribution in [0.4, 0.5) is 0 Å². The van der Waals surface area contributed by atoms with Gasteiger partial charge in [-0.15, -0.1) is 0 Å². The second-order valence-electron chi connectivity index (χ2n) is 1.48. The molecule has 0 aromatic carbocycles. The van der Waals surface area contributed by atoms with E-state index in [1.165, 1.54) is 0 Å². The van der Waals surface area contributed by atoms with Gasteiger partial charge in [-0.1, -0.05) is 4.89 Å². The van der Waals surface area contributed by atoms with E-state index in [0.717, 1.165) is 4.89 Å². The molecule has 0 rings (SSSR count). The molecule has 9 heteroatoms. The van der Waals surface area contributed by atoms with Crippen LogP contribution in [0.5, 0.6) is 0 Å². The molecular weight excluding hydrogens is 208 g/mol. The van der Waals surface area contributed by atoms with Crippen LogP contribution in [0.25, 0.3) is 0 Å². The number of thiol groups is 2. The molecule has 0 aromatic heterocycles. The SMILES string of the molecule is N[C@@H](CS)C(=O)O.O=[SH](=O)NO. The fraction of sp³-hybridized carbons (Fsp3) is 0.667. The van der Waals surface area contributed by atoms with Gasteiger partial charge in [-0.25, -0.2) is 8.42 Å². The maximum atomic E-state index is 9.76. The molecule has 0 amide bonds. The molecule has 0 spiro atoms. The van der Waals surface area contributed by atoms with E-state index in [1.54, 1.807) is 0 Å². The standard InChI is InChI=1S/C3H7NO2S.H3NO3S/c4-2(1-7)3(5)6;2-1-5(3)4/h2,7H,1,4H2,(H,5,6);2,5H,(H,1,3,4)/t2-;/m0./s1. The van der Waals surface area contributed by atoms with Crippen LogP contribution in [0.1, 0.15) is 0 Å². The molecule has 7 nitrogen and oxygen atoms in total. The van der Waals surface area contributed by atoms with Crippen molar-refractivity contribution in [3.63, 3.8) is 0 Å². The lowest BCUT2D eigenvalue weighted by Gasteiger charge is -1.96. The van der Waals surface area contributed by atoms with Gasteiger partial charge in [-0.05, 0) is 0 Å². The molecule has 0 heterocycles. The van der Waals surface area contributed by atoms with Crippen LogP contribution in [0.15, 0.2) is 0 Å². The van der Waals surface area contributed by atoms with Crippen molar-refractivity contribution >= 4 is 29.5 Å². The van der Waals surface area contributed by atoms with E-state index in [0.29, 0.717) is 0 Å². The Balaban J connectivity index is 0. The predicted molar refractivity (Wildman–Crippen MR) is 44.7 cm³/mol. The second kappa shape index (κ2) is 8.74. The maximum absolute atomic E-state index is 9.76. The maximum Gasteiger partial charge on any atom is 0.321 e. The van der Waals surface area contributed by atoms with Gasteiger partial charge < -0.3 is 16.0 Å². The van der Waals surface area contributed by atoms with Gasteiger partial charge in [0.1, 0.15) is 6.04 Å². The van der Waals surface area contributed by atoms with Crippen molar-refractivity contribution in [3.05, 3.63) is 0 Å². The van der Waals surface area contributed by atoms with Gasteiger partial charge in [0, 0.05) is 5.75 Å². The van der Waals surface area contributed by atoms with Crippen LogP contribution in [0.3, 0.4) is 0 Å². The van der Waals surface area contributed by atoms with Crippen molar-refractivity contribution in [2.45, 2.75) is 6.04 Å². The van der Waals surface area contributed by atoms with Gasteiger partial charge in [-0.2, -0.15) is 12.6 Å². The Morgan fingerprint density at radius 2 is 2.00 bits per heavy atom. The van der Waals surface area contributed by atoms with Crippen molar-refractivity contribution in [3.8, 4) is 0 Å². The number of carboxylic acids is 1. The third-order valence-corrected chi connectivity index (χ3v) is 1.15. The van der Waals surface area contributed by atoms with Crippen LogP contribution < -0.4 is 10.6 Å². The van der Waals surface area contributed by atoms with Crippen molar-refractivity contribution in [2.24, 2.45) is 5.73 Å². The van der Waals surface area contributed by atoms with Gasteiger partial charge in [0.25, 0.3) is 0 Å². The molecule has 12 heavy (non-hydrogen) atoms. The van der Waals surface area contributed by atoms with E-state index in [1.807, 2.05) is 0 Å². The van der Waals surface area contributed by atoms with Crippen molar-refractivity contribution in [2.75, 3.05) is 5.75 Å². The first-order chi connectivity index (χ1) is 5.45. The van der Waals surface area contributed by atoms with E-state index < -0.39 is 22.9 Å². The first kappa shape index (κ1) is 14.2. The van der Waals surface area contributed by atoms with E-state index in [4.69, 9.17) is 24.5 Å². The van der Waals surface area contributed by atoms with Crippen LogP contribution in [0, 0.1) is 0 Å². The first-order valence-electron chi connectivity index (χ1n) is 2.59. The van der Waals surface area contributed by atoms with Crippen molar-refractivity contribution in [1.29, 1.82) is 0 Å². The Kier molecular flexibility index (Phi) is 10.3. The van der Waals surface area contributed by atoms with Gasteiger partial charge in [0.05, 0.1) is 0 Å². The molecule has 0 saturated carbocycles. The monoisotopic (exact) mass is 218 g/mol. The quantitative estimate of drug-likeness (QED) is 0.236. The number of hydrogen-bond donors (Lipinski definition) is 6. The van der Waals surface area contributed by atoms with Crippen LogP contribution >= 0.6 is 12.6 Å². The second-order valence-corrected chi connectivity index (χ2v) is 2.56. The largest absolute Gasteiger partial charge is 0.480 e. The van der Waals surface area contributed by atoms with Crippen molar-refractivity contribution < 1.29 is 23.5 Å². The molecule has 5 N–H and O–H groups in total. The zero-order valence-corrected chi connectivity index (χ0v) is 7.66. The highest BCUT2D eigenvalue weighted by molar-refractivity contribution is 7.80. The highest BCUT2D eigenvalue weighted by Gasteiger charge is 2.06. The smallest absolute Gasteiger partial charge is 0.321 e. The first-order valence-corrected chi connectivity index (χ1v) is 4.40. The Labute approximate surface area is 76.0 Å². The summed E-state index contributed by atoms with van der Waals surface area (Å²) in [6.45, 7) is 0. The Hall–Kier alpha value is -0.350. The number of carbonyl (C=O) groups is 1. The van der Waals surface area contributed by atoms with E-state index in [-0.39, 0.29) is 5.75 Å². The zero-order valence-electron chi connectivity index (χ0n) is 5.88. The molecule has 0 unspecified atom stereocenters. The van der Waals surface area contributed by atoms with Gasteiger partial charge in [-0.3, -0.25) is 4.79 Å². The topological polar surface area (TPSA) is 130 Å². The molecule has 0 aromatic rings. The molecule has 0 aliphatic rings. The lowest BCUT2D eigenvalue weighted by atomic mass is 10.4. The number of aliphatic carboxylic acids is 1. The van der Waals surface area contributed by atoms with Crippen molar-refractivity contribution in [1.82, 2.24) is 4.89 Å². The average Bonchev–Trinajstić information content (AvgIpc) is 2.04. The van der Waals surface area contributed by atoms with Gasteiger partial charge in [0.15, 0.2) is 0 Å². The van der Waals surface area contributed by atoms with E-state index in [2.05, 4.69) is 12.6 Å². The predicted octanol–water partition coefficient (Wildman–Crippen LogP) is -2.18. The van der Waals surface area contributed by atoms with Crippen LogP contribution in [0.2, 0.25) is 0 Å². The third-order valence-electron chi connectivity index (χ3n) is 0.596. The minimum Gasteiger partial charge on any atom is -0.480 e. The number of carboxylic acid groups (broad SMARTS) is 1. The number of nitrogens with two attached hydrogens (primary N) is 1. The average molecular weight is 218 g/mol. The highest BCUT2D eigenvalue weighted by Crippen LogP contribution is 1.80. The van der Waals surface area contributed by atoms with E-state index >= 15 is 0 Å². The Bertz CT molecular complexity index is 185. The summed E-state index contributed by atoms with van der Waals surface area (Å²) in [5.41, 5.74) is 4.94. The molecule has 0 aliphatic carbocycles. The summed E-state index contributed by atoms with van der Waals surface area (Å²) < 4.78 is 18.1. The lowest BCUT2D eigenvalue weighted by Crippen LogP contribution is -2.31. The summed E-state index contributed by atoms with van der Waals surface area (Å²) in [6.07, 6.45) is 0. The highest BCUT2D eigenvalue weighted by atomic mass is 32.2. The molecule has 74 valence electrons. The molecular formula is C3H10N2O5S2. The third kappa shape index (κ3) is 12.3. The van der Waals surface area contributed by atoms with E-state index in [9.17, 15) is 4.79 Å². The summed E-state index contributed by atoms with van der Waals surface area (Å²) in [5, 5.41) is 15.3. The summed E-state index contributed by atoms with van der Waals surface area (Å²) in [7, 11) is -2.79. The van der Waals surface area contributed by atoms with Crippen LogP contribution in [-0.4, -0.2) is 36.5 Å². The zero-order chi connectivity index (χ0) is 10.1. The summed E-state index contributed by atoms with van der Waals surface area (Å²) in [6, 6.07) is -0.816. The normalized spacial score (nSPS) is 11.7.